The third kappa shape index (κ3) is 4.30. The summed E-state index contributed by atoms with van der Waals surface area (Å²) >= 11 is 1.73. The van der Waals surface area contributed by atoms with Crippen LogP contribution in [0.5, 0.6) is 0 Å². The van der Waals surface area contributed by atoms with Crippen molar-refractivity contribution in [1.29, 1.82) is 0 Å². The van der Waals surface area contributed by atoms with Gasteiger partial charge in [0, 0.05) is 44.2 Å². The molecular weight excluding hydrogens is 643 g/mol. The first-order valence-electron chi connectivity index (χ1n) is 17.3. The maximum Gasteiger partial charge on any atom is 0.235 e. The zero-order valence-electron chi connectivity index (χ0n) is 27.4. The summed E-state index contributed by atoms with van der Waals surface area (Å²) in [4.78, 5) is 17.4. The van der Waals surface area contributed by atoms with Gasteiger partial charge in [0.1, 0.15) is 0 Å². The largest absolute Gasteiger partial charge is 0.308 e. The van der Waals surface area contributed by atoms with E-state index >= 15 is 0 Å². The van der Waals surface area contributed by atoms with Crippen LogP contribution in [0.1, 0.15) is 23.6 Å². The first-order valence-corrected chi connectivity index (χ1v) is 18.2. The van der Waals surface area contributed by atoms with Gasteiger partial charge < -0.3 is 4.40 Å². The average Bonchev–Trinajstić information content (AvgIpc) is 3.89. The molecule has 0 saturated carbocycles. The maximum atomic E-state index is 5.35. The third-order valence-electron chi connectivity index (χ3n) is 10.4. The minimum Gasteiger partial charge on any atom is -0.308 e. The molecule has 1 aliphatic rings. The fraction of sp³-hybridized carbons (Fsp3) is 0.0444. The van der Waals surface area contributed by atoms with Crippen molar-refractivity contribution in [3.63, 3.8) is 0 Å². The lowest BCUT2D eigenvalue weighted by Crippen LogP contribution is -2.14. The summed E-state index contributed by atoms with van der Waals surface area (Å²) in [5.41, 5.74) is 13.1. The molecule has 6 heteroatoms. The summed E-state index contributed by atoms with van der Waals surface area (Å²) in [6, 6.07) is 47.2. The van der Waals surface area contributed by atoms with Crippen molar-refractivity contribution in [3.8, 4) is 0 Å². The summed E-state index contributed by atoms with van der Waals surface area (Å²) in [5, 5.41) is 6.18. The van der Waals surface area contributed by atoms with E-state index in [1.54, 1.807) is 11.3 Å². The SMILES string of the molecule is C1=CC(c2nc(N(c3ccccc3)c3ccccc3)nc3ccccc23)=CC(c2ccc3c(c2)c2c4scnc4cc4c5ccccc5n3c42)C1. The van der Waals surface area contributed by atoms with E-state index in [1.165, 1.54) is 48.4 Å². The molecule has 0 saturated heterocycles. The van der Waals surface area contributed by atoms with Gasteiger partial charge in [0.25, 0.3) is 0 Å². The monoisotopic (exact) mass is 671 g/mol. The Bertz CT molecular complexity index is 2970. The van der Waals surface area contributed by atoms with Crippen molar-refractivity contribution < 1.29 is 0 Å². The molecular formula is C45H29N5S. The van der Waals surface area contributed by atoms with Gasteiger partial charge in [0.05, 0.1) is 43.5 Å². The van der Waals surface area contributed by atoms with Crippen LogP contribution in [-0.2, 0) is 0 Å². The fourth-order valence-corrected chi connectivity index (χ4v) is 8.95. The first-order chi connectivity index (χ1) is 25.3. The summed E-state index contributed by atoms with van der Waals surface area (Å²) in [6.07, 6.45) is 7.86. The van der Waals surface area contributed by atoms with Crippen LogP contribution < -0.4 is 4.90 Å². The molecule has 0 spiro atoms. The Morgan fingerprint density at radius 3 is 2.20 bits per heavy atom. The molecule has 6 aromatic carbocycles. The Hall–Kier alpha value is -6.37. The summed E-state index contributed by atoms with van der Waals surface area (Å²) in [7, 11) is 0. The molecule has 51 heavy (non-hydrogen) atoms. The van der Waals surface area contributed by atoms with Gasteiger partial charge in [-0.2, -0.15) is 0 Å². The van der Waals surface area contributed by atoms with E-state index in [4.69, 9.17) is 15.0 Å². The van der Waals surface area contributed by atoms with Crippen LogP contribution in [0.3, 0.4) is 0 Å². The van der Waals surface area contributed by atoms with Gasteiger partial charge in [-0.05, 0) is 72.2 Å². The first kappa shape index (κ1) is 28.5. The quantitative estimate of drug-likeness (QED) is 0.183. The number of hydrogen-bond donors (Lipinski definition) is 0. The predicted molar refractivity (Wildman–Crippen MR) is 213 cm³/mol. The van der Waals surface area contributed by atoms with Gasteiger partial charge >= 0.3 is 0 Å². The number of nitrogens with zero attached hydrogens (tertiary/aromatic N) is 5. The molecule has 4 heterocycles. The number of rotatable bonds is 5. The lowest BCUT2D eigenvalue weighted by Gasteiger charge is -2.25. The zero-order valence-corrected chi connectivity index (χ0v) is 28.3. The van der Waals surface area contributed by atoms with Gasteiger partial charge in [-0.1, -0.05) is 97.1 Å². The highest BCUT2D eigenvalue weighted by atomic mass is 32.1. The normalized spacial score (nSPS) is 14.8. The maximum absolute atomic E-state index is 5.35. The van der Waals surface area contributed by atoms with Crippen LogP contribution >= 0.6 is 11.3 Å². The number of aromatic nitrogens is 4. The van der Waals surface area contributed by atoms with Crippen LogP contribution in [0.15, 0.2) is 157 Å². The second-order valence-corrected chi connectivity index (χ2v) is 14.1. The zero-order chi connectivity index (χ0) is 33.5. The molecule has 240 valence electrons. The highest BCUT2D eigenvalue weighted by Gasteiger charge is 2.24. The smallest absolute Gasteiger partial charge is 0.235 e. The molecule has 0 bridgehead atoms. The standard InChI is InChI=1S/C45H29N5S/c1-3-14-31(15-4-1)49(32-16-5-2-6-17-32)45-47-37-20-9-7-19-34(37)42(48-45)30-13-11-12-28(24-30)29-22-23-40-36(25-29)41-43-35(26-38-44(41)51-27-46-38)33-18-8-10-21-39(33)50(40)43/h1-11,13-28H,12H2. The minimum absolute atomic E-state index is 0.194. The van der Waals surface area contributed by atoms with Crippen molar-refractivity contribution in [2.24, 2.45) is 0 Å². The number of thiazole rings is 1. The Kier molecular flexibility index (Phi) is 6.18. The van der Waals surface area contributed by atoms with Gasteiger partial charge in [-0.3, -0.25) is 4.90 Å². The molecule has 0 fully saturated rings. The summed E-state index contributed by atoms with van der Waals surface area (Å²) in [5.74, 6) is 0.838. The molecule has 0 aliphatic heterocycles. The summed E-state index contributed by atoms with van der Waals surface area (Å²) < 4.78 is 3.71. The number of fused-ring (bicyclic) bond motifs is 9. The van der Waals surface area contributed by atoms with E-state index in [9.17, 15) is 0 Å². The molecule has 0 radical (unpaired) electrons. The van der Waals surface area contributed by atoms with E-state index < -0.39 is 0 Å². The number of benzene rings is 6. The predicted octanol–water partition coefficient (Wildman–Crippen LogP) is 12.0. The number of allylic oxidation sites excluding steroid dienone is 4. The van der Waals surface area contributed by atoms with Gasteiger partial charge in [0.15, 0.2) is 0 Å². The number of para-hydroxylation sites is 4. The molecule has 1 atom stereocenters. The van der Waals surface area contributed by atoms with Crippen LogP contribution in [0.4, 0.5) is 17.3 Å². The molecule has 1 unspecified atom stereocenters. The van der Waals surface area contributed by atoms with Crippen molar-refractivity contribution in [2.45, 2.75) is 12.3 Å². The van der Waals surface area contributed by atoms with Crippen molar-refractivity contribution >= 4 is 93.4 Å². The molecule has 0 N–H and O–H groups in total. The van der Waals surface area contributed by atoms with E-state index in [2.05, 4.69) is 149 Å². The van der Waals surface area contributed by atoms with Crippen LogP contribution in [0.25, 0.3) is 64.8 Å². The second-order valence-electron chi connectivity index (χ2n) is 13.2. The second kappa shape index (κ2) is 11.1. The Morgan fingerprint density at radius 2 is 1.37 bits per heavy atom. The molecule has 4 aromatic heterocycles. The number of hydrogen-bond acceptors (Lipinski definition) is 5. The summed E-state index contributed by atoms with van der Waals surface area (Å²) in [6.45, 7) is 0. The van der Waals surface area contributed by atoms with E-state index in [-0.39, 0.29) is 5.92 Å². The van der Waals surface area contributed by atoms with Gasteiger partial charge in [-0.15, -0.1) is 11.3 Å². The highest BCUT2D eigenvalue weighted by molar-refractivity contribution is 7.18. The Labute approximate surface area is 297 Å². The Morgan fingerprint density at radius 1 is 0.647 bits per heavy atom. The topological polar surface area (TPSA) is 46.3 Å². The van der Waals surface area contributed by atoms with E-state index in [0.717, 1.165) is 45.5 Å². The third-order valence-corrected chi connectivity index (χ3v) is 11.2. The van der Waals surface area contributed by atoms with Crippen molar-refractivity contribution in [3.05, 3.63) is 168 Å². The van der Waals surface area contributed by atoms with E-state index in [0.29, 0.717) is 5.95 Å². The van der Waals surface area contributed by atoms with E-state index in [1.807, 2.05) is 17.6 Å². The van der Waals surface area contributed by atoms with Gasteiger partial charge in [-0.25, -0.2) is 15.0 Å². The van der Waals surface area contributed by atoms with Crippen molar-refractivity contribution in [1.82, 2.24) is 19.4 Å². The highest BCUT2D eigenvalue weighted by Crippen LogP contribution is 2.45. The average molecular weight is 672 g/mol. The molecule has 1 aliphatic carbocycles. The molecule has 0 amide bonds. The molecule has 11 rings (SSSR count). The van der Waals surface area contributed by atoms with Crippen LogP contribution in [0, 0.1) is 0 Å². The molecule has 10 aromatic rings. The fourth-order valence-electron chi connectivity index (χ4n) is 8.12. The Balaban J connectivity index is 1.09. The minimum atomic E-state index is 0.194. The lowest BCUT2D eigenvalue weighted by atomic mass is 9.87. The van der Waals surface area contributed by atoms with Crippen LogP contribution in [0.2, 0.25) is 0 Å². The van der Waals surface area contributed by atoms with Gasteiger partial charge in [0.2, 0.25) is 5.95 Å². The van der Waals surface area contributed by atoms with Crippen molar-refractivity contribution in [2.75, 3.05) is 4.90 Å². The lowest BCUT2D eigenvalue weighted by molar-refractivity contribution is 0.858. The van der Waals surface area contributed by atoms with Crippen LogP contribution in [-0.4, -0.2) is 19.4 Å². The number of anilines is 3. The molecule has 5 nitrogen and oxygen atoms in total.